The first-order valence-corrected chi connectivity index (χ1v) is 9.73. The van der Waals surface area contributed by atoms with Crippen LogP contribution in [0.2, 0.25) is 10.0 Å². The van der Waals surface area contributed by atoms with Crippen LogP contribution in [0.5, 0.6) is 0 Å². The summed E-state index contributed by atoms with van der Waals surface area (Å²) in [4.78, 5) is 0. The second-order valence-electron chi connectivity index (χ2n) is 5.56. The molecule has 0 amide bonds. The van der Waals surface area contributed by atoms with Gasteiger partial charge in [-0.1, -0.05) is 36.2 Å². The summed E-state index contributed by atoms with van der Waals surface area (Å²) < 4.78 is 26.7. The van der Waals surface area contributed by atoms with Gasteiger partial charge in [-0.15, -0.1) is 11.6 Å². The van der Waals surface area contributed by atoms with E-state index in [1.807, 2.05) is 13.0 Å². The van der Waals surface area contributed by atoms with Gasteiger partial charge in [0.2, 0.25) is 10.0 Å². The molecule has 1 saturated carbocycles. The second-order valence-corrected chi connectivity index (χ2v) is 8.65. The molecule has 0 saturated heterocycles. The molecule has 1 atom stereocenters. The molecule has 0 heterocycles. The highest BCUT2D eigenvalue weighted by molar-refractivity contribution is 7.89. The molecule has 0 aliphatic heterocycles. The first-order valence-electron chi connectivity index (χ1n) is 6.83. The molecule has 21 heavy (non-hydrogen) atoms. The van der Waals surface area contributed by atoms with Crippen LogP contribution in [0.4, 0.5) is 0 Å². The van der Waals surface area contributed by atoms with Gasteiger partial charge in [-0.2, -0.15) is 4.31 Å². The van der Waals surface area contributed by atoms with E-state index >= 15 is 0 Å². The molecule has 0 spiro atoms. The Morgan fingerprint density at radius 2 is 1.95 bits per heavy atom. The Kier molecular flexibility index (Phi) is 5.83. The summed E-state index contributed by atoms with van der Waals surface area (Å²) in [6.07, 6.45) is 1.83. The second kappa shape index (κ2) is 7.05. The third kappa shape index (κ3) is 4.73. The van der Waals surface area contributed by atoms with Crippen LogP contribution in [-0.2, 0) is 16.6 Å². The Hall–Kier alpha value is -0.000000000000000222. The van der Waals surface area contributed by atoms with E-state index in [2.05, 4.69) is 0 Å². The van der Waals surface area contributed by atoms with Gasteiger partial charge in [0.15, 0.2) is 0 Å². The van der Waals surface area contributed by atoms with Crippen LogP contribution in [0.1, 0.15) is 25.3 Å². The van der Waals surface area contributed by atoms with Crippen LogP contribution in [-0.4, -0.2) is 30.4 Å². The lowest BCUT2D eigenvalue weighted by atomic mass is 10.2. The summed E-state index contributed by atoms with van der Waals surface area (Å²) in [5, 5.41) is 0.911. The number of hydrogen-bond acceptors (Lipinski definition) is 2. The molecule has 1 unspecified atom stereocenters. The van der Waals surface area contributed by atoms with Gasteiger partial charge in [0.05, 0.1) is 15.8 Å². The fraction of sp³-hybridized carbons (Fsp3) is 0.571. The average molecular weight is 371 g/mol. The first kappa shape index (κ1) is 17.4. The van der Waals surface area contributed by atoms with Crippen molar-refractivity contribution >= 4 is 44.8 Å². The summed E-state index contributed by atoms with van der Waals surface area (Å²) in [6.45, 7) is 2.17. The number of halogens is 3. The van der Waals surface area contributed by atoms with Gasteiger partial charge in [-0.05, 0) is 36.5 Å². The molecule has 118 valence electrons. The number of nitrogens with zero attached hydrogens (tertiary/aromatic N) is 1. The summed E-state index contributed by atoms with van der Waals surface area (Å²) >= 11 is 17.6. The molecule has 1 fully saturated rings. The van der Waals surface area contributed by atoms with Gasteiger partial charge < -0.3 is 0 Å². The Labute approximate surface area is 141 Å². The monoisotopic (exact) mass is 369 g/mol. The average Bonchev–Trinajstić information content (AvgIpc) is 3.23. The smallest absolute Gasteiger partial charge is 0.212 e. The summed E-state index contributed by atoms with van der Waals surface area (Å²) in [5.74, 6) is 0.352. The fourth-order valence-electron chi connectivity index (χ4n) is 2.13. The molecule has 0 radical (unpaired) electrons. The molecule has 1 aromatic rings. The van der Waals surface area contributed by atoms with Crippen molar-refractivity contribution in [3.05, 3.63) is 33.8 Å². The minimum Gasteiger partial charge on any atom is -0.212 e. The molecule has 1 aliphatic carbocycles. The topological polar surface area (TPSA) is 37.4 Å². The molecule has 0 N–H and O–H groups in total. The predicted molar refractivity (Wildman–Crippen MR) is 88.7 cm³/mol. The molecule has 0 aromatic heterocycles. The first-order chi connectivity index (χ1) is 9.83. The van der Waals surface area contributed by atoms with E-state index in [9.17, 15) is 8.42 Å². The van der Waals surface area contributed by atoms with Gasteiger partial charge in [0.1, 0.15) is 0 Å². The molecule has 3 nitrogen and oxygen atoms in total. The minimum atomic E-state index is -3.32. The van der Waals surface area contributed by atoms with Crippen molar-refractivity contribution in [3.8, 4) is 0 Å². The van der Waals surface area contributed by atoms with Gasteiger partial charge in [0.25, 0.3) is 0 Å². The molecule has 1 aromatic carbocycles. The standard InChI is InChI=1S/C14H18Cl3NO2S/c1-10(7-15)9-21(19,20)18(12-3-4-12)8-11-2-5-13(16)14(17)6-11/h2,5-6,10,12H,3-4,7-9H2,1H3. The van der Waals surface area contributed by atoms with Crippen molar-refractivity contribution in [2.24, 2.45) is 5.92 Å². The summed E-state index contributed by atoms with van der Waals surface area (Å²) in [6, 6.07) is 5.33. The maximum Gasteiger partial charge on any atom is 0.214 e. The molecule has 7 heteroatoms. The molecular weight excluding hydrogens is 353 g/mol. The highest BCUT2D eigenvalue weighted by Crippen LogP contribution is 2.32. The lowest BCUT2D eigenvalue weighted by Gasteiger charge is -2.23. The molecule has 1 aliphatic rings. The molecule has 0 bridgehead atoms. The molecular formula is C14H18Cl3NO2S. The number of alkyl halides is 1. The number of sulfonamides is 1. The Balaban J connectivity index is 2.17. The SMILES string of the molecule is CC(CCl)CS(=O)(=O)N(Cc1ccc(Cl)c(Cl)c1)C1CC1. The Bertz CT molecular complexity index is 602. The Morgan fingerprint density at radius 1 is 1.29 bits per heavy atom. The van der Waals surface area contributed by atoms with Gasteiger partial charge in [-0.3, -0.25) is 0 Å². The van der Waals surface area contributed by atoms with E-state index in [0.717, 1.165) is 18.4 Å². The Morgan fingerprint density at radius 3 is 2.48 bits per heavy atom. The summed E-state index contributed by atoms with van der Waals surface area (Å²) in [7, 11) is -3.32. The van der Waals surface area contributed by atoms with Crippen LogP contribution in [0.15, 0.2) is 18.2 Å². The highest BCUT2D eigenvalue weighted by atomic mass is 35.5. The third-order valence-corrected chi connectivity index (χ3v) is 6.79. The van der Waals surface area contributed by atoms with Crippen molar-refractivity contribution in [2.75, 3.05) is 11.6 Å². The van der Waals surface area contributed by atoms with Crippen LogP contribution < -0.4 is 0 Å². The van der Waals surface area contributed by atoms with Crippen LogP contribution >= 0.6 is 34.8 Å². The van der Waals surface area contributed by atoms with E-state index in [0.29, 0.717) is 22.5 Å². The van der Waals surface area contributed by atoms with Crippen molar-refractivity contribution in [1.29, 1.82) is 0 Å². The lowest BCUT2D eigenvalue weighted by molar-refractivity contribution is 0.395. The fourth-order valence-corrected chi connectivity index (χ4v) is 4.73. The maximum absolute atomic E-state index is 12.5. The van der Waals surface area contributed by atoms with Gasteiger partial charge >= 0.3 is 0 Å². The van der Waals surface area contributed by atoms with E-state index in [1.165, 1.54) is 0 Å². The quantitative estimate of drug-likeness (QED) is 0.676. The number of rotatable bonds is 7. The number of hydrogen-bond donors (Lipinski definition) is 0. The van der Waals surface area contributed by atoms with Crippen LogP contribution in [0.25, 0.3) is 0 Å². The zero-order chi connectivity index (χ0) is 15.6. The van der Waals surface area contributed by atoms with E-state index in [1.54, 1.807) is 16.4 Å². The van der Waals surface area contributed by atoms with Crippen LogP contribution in [0, 0.1) is 5.92 Å². The molecule has 2 rings (SSSR count). The van der Waals surface area contributed by atoms with Crippen molar-refractivity contribution in [3.63, 3.8) is 0 Å². The van der Waals surface area contributed by atoms with Gasteiger partial charge in [0, 0.05) is 18.5 Å². The van der Waals surface area contributed by atoms with Crippen molar-refractivity contribution in [1.82, 2.24) is 4.31 Å². The zero-order valence-corrected chi connectivity index (χ0v) is 14.8. The minimum absolute atomic E-state index is 0.0632. The summed E-state index contributed by atoms with van der Waals surface area (Å²) in [5.41, 5.74) is 0.846. The van der Waals surface area contributed by atoms with Crippen molar-refractivity contribution < 1.29 is 8.42 Å². The highest BCUT2D eigenvalue weighted by Gasteiger charge is 2.37. The normalized spacial score (nSPS) is 17.2. The third-order valence-electron chi connectivity index (χ3n) is 3.39. The lowest BCUT2D eigenvalue weighted by Crippen LogP contribution is -2.36. The van der Waals surface area contributed by atoms with E-state index in [-0.39, 0.29) is 17.7 Å². The largest absolute Gasteiger partial charge is 0.214 e. The number of benzene rings is 1. The van der Waals surface area contributed by atoms with E-state index < -0.39 is 10.0 Å². The van der Waals surface area contributed by atoms with Gasteiger partial charge in [-0.25, -0.2) is 8.42 Å². The predicted octanol–water partition coefficient (Wildman–Crippen LogP) is 4.16. The zero-order valence-electron chi connectivity index (χ0n) is 11.7. The van der Waals surface area contributed by atoms with Crippen molar-refractivity contribution in [2.45, 2.75) is 32.4 Å². The van der Waals surface area contributed by atoms with E-state index in [4.69, 9.17) is 34.8 Å². The van der Waals surface area contributed by atoms with Crippen LogP contribution in [0.3, 0.4) is 0 Å². The maximum atomic E-state index is 12.5.